The van der Waals surface area contributed by atoms with E-state index in [2.05, 4.69) is 6.58 Å². The first kappa shape index (κ1) is 23.6. The van der Waals surface area contributed by atoms with E-state index in [9.17, 15) is 24.9 Å². The Balaban J connectivity index is 1.40. The van der Waals surface area contributed by atoms with Gasteiger partial charge in [0.25, 0.3) is 0 Å². The topological polar surface area (TPSA) is 118 Å². The number of rotatable bonds is 1. The van der Waals surface area contributed by atoms with Gasteiger partial charge in [-0.05, 0) is 54.7 Å². The standard InChI is InChI=1S/C29H33NO7/c1-15-17-8-9-19-27-14-36-29(35,23(33)21(27)26(2,3)12-10-20(27)31)28(19,22(15)32)24(17)37-25(34)30-13-11-16-6-4-5-7-18(16)30/h4-7,11,13,17,19-21,23-24,31,33,35H,1,8-10,12,14H2,2-3H3/t17-,19-,20-,21+,23-,24+,27+,28-,29-/m0/s1. The summed E-state index contributed by atoms with van der Waals surface area (Å²) in [4.78, 5) is 27.8. The van der Waals surface area contributed by atoms with Gasteiger partial charge in [0.05, 0.1) is 18.2 Å². The molecule has 0 radical (unpaired) electrons. The van der Waals surface area contributed by atoms with E-state index >= 15 is 0 Å². The van der Waals surface area contributed by atoms with Crippen molar-refractivity contribution in [1.29, 1.82) is 0 Å². The van der Waals surface area contributed by atoms with Gasteiger partial charge in [-0.3, -0.25) is 9.36 Å². The van der Waals surface area contributed by atoms with Crippen LogP contribution in [0, 0.1) is 34.0 Å². The number of ether oxygens (including phenoxy) is 2. The predicted molar refractivity (Wildman–Crippen MR) is 132 cm³/mol. The molecular weight excluding hydrogens is 474 g/mol. The molecule has 4 bridgehead atoms. The van der Waals surface area contributed by atoms with Crippen molar-refractivity contribution < 1.29 is 34.4 Å². The number of para-hydroxylation sites is 1. The largest absolute Gasteiger partial charge is 0.444 e. The maximum absolute atomic E-state index is 14.2. The van der Waals surface area contributed by atoms with E-state index in [4.69, 9.17) is 9.47 Å². The highest BCUT2D eigenvalue weighted by Gasteiger charge is 2.87. The first-order chi connectivity index (χ1) is 17.5. The number of benzene rings is 1. The van der Waals surface area contributed by atoms with Gasteiger partial charge < -0.3 is 24.8 Å². The molecule has 0 amide bonds. The van der Waals surface area contributed by atoms with Crippen molar-refractivity contribution in [2.24, 2.45) is 34.0 Å². The fourth-order valence-corrected chi connectivity index (χ4v) is 9.45. The summed E-state index contributed by atoms with van der Waals surface area (Å²) in [6.07, 6.45) is -0.128. The zero-order valence-corrected chi connectivity index (χ0v) is 21.1. The van der Waals surface area contributed by atoms with Crippen LogP contribution < -0.4 is 0 Å². The van der Waals surface area contributed by atoms with Crippen LogP contribution in [-0.2, 0) is 14.3 Å². The molecule has 6 aliphatic rings. The average Bonchev–Trinajstić information content (AvgIpc) is 3.35. The van der Waals surface area contributed by atoms with Crippen molar-refractivity contribution in [2.75, 3.05) is 6.61 Å². The van der Waals surface area contributed by atoms with Crippen LogP contribution in [0.2, 0.25) is 0 Å². The quantitative estimate of drug-likeness (QED) is 0.508. The molecule has 2 spiro atoms. The zero-order chi connectivity index (χ0) is 26.1. The molecule has 8 heteroatoms. The van der Waals surface area contributed by atoms with Crippen molar-refractivity contribution in [3.63, 3.8) is 0 Å². The Labute approximate surface area is 214 Å². The van der Waals surface area contributed by atoms with Gasteiger partial charge in [0, 0.05) is 28.8 Å². The van der Waals surface area contributed by atoms with Crippen LogP contribution in [0.3, 0.4) is 0 Å². The van der Waals surface area contributed by atoms with E-state index in [0.717, 1.165) is 5.39 Å². The summed E-state index contributed by atoms with van der Waals surface area (Å²) < 4.78 is 13.6. The highest BCUT2D eigenvalue weighted by Crippen LogP contribution is 2.76. The van der Waals surface area contributed by atoms with E-state index in [1.54, 1.807) is 6.20 Å². The molecule has 1 aromatic heterocycles. The lowest BCUT2D eigenvalue weighted by Gasteiger charge is -2.74. The minimum absolute atomic E-state index is 0.0373. The van der Waals surface area contributed by atoms with E-state index in [1.807, 2.05) is 44.2 Å². The van der Waals surface area contributed by atoms with Crippen LogP contribution in [0.4, 0.5) is 4.79 Å². The molecule has 196 valence electrons. The lowest BCUT2D eigenvalue weighted by atomic mass is 9.35. The molecule has 3 N–H and O–H groups in total. The number of fused-ring (bicyclic) bond motifs is 3. The molecule has 2 aliphatic heterocycles. The third-order valence-electron chi connectivity index (χ3n) is 10.9. The summed E-state index contributed by atoms with van der Waals surface area (Å²) in [6.45, 7) is 8.19. The number of hydrogen-bond donors (Lipinski definition) is 3. The first-order valence-electron chi connectivity index (χ1n) is 13.2. The van der Waals surface area contributed by atoms with Gasteiger partial charge in [0.2, 0.25) is 5.79 Å². The van der Waals surface area contributed by atoms with Crippen LogP contribution in [-0.4, -0.2) is 62.5 Å². The summed E-state index contributed by atoms with van der Waals surface area (Å²) in [7, 11) is 0. The number of carbonyl (C=O) groups is 2. The number of aliphatic hydroxyl groups is 3. The van der Waals surface area contributed by atoms with E-state index in [1.165, 1.54) is 4.57 Å². The Kier molecular flexibility index (Phi) is 4.53. The Morgan fingerprint density at radius 1 is 1.16 bits per heavy atom. The van der Waals surface area contributed by atoms with E-state index < -0.39 is 70.0 Å². The Morgan fingerprint density at radius 3 is 2.70 bits per heavy atom. The number of aliphatic hydroxyl groups excluding tert-OH is 2. The molecule has 8 nitrogen and oxygen atoms in total. The molecule has 8 rings (SSSR count). The molecule has 37 heavy (non-hydrogen) atoms. The van der Waals surface area contributed by atoms with Crippen LogP contribution >= 0.6 is 0 Å². The van der Waals surface area contributed by atoms with Crippen LogP contribution in [0.15, 0.2) is 48.7 Å². The van der Waals surface area contributed by atoms with Gasteiger partial charge in [0.15, 0.2) is 5.78 Å². The van der Waals surface area contributed by atoms with Gasteiger partial charge in [-0.25, -0.2) is 4.79 Å². The summed E-state index contributed by atoms with van der Waals surface area (Å²) in [5, 5.41) is 36.5. The molecule has 4 aliphatic carbocycles. The fourth-order valence-electron chi connectivity index (χ4n) is 9.45. The second kappa shape index (κ2) is 7.11. The minimum Gasteiger partial charge on any atom is -0.444 e. The lowest BCUT2D eigenvalue weighted by molar-refractivity contribution is -0.457. The van der Waals surface area contributed by atoms with Crippen molar-refractivity contribution in [3.05, 3.63) is 48.7 Å². The molecular formula is C29H33NO7. The number of aromatic nitrogens is 1. The highest BCUT2D eigenvalue weighted by atomic mass is 16.7. The van der Waals surface area contributed by atoms with E-state index in [0.29, 0.717) is 31.2 Å². The SMILES string of the molecule is C=C1C(=O)[C@]23[C@H](OC(=O)n4ccc5ccccc54)[C@H]1CC[C@H]2[C@@]12CO[C@@]3(O)[C@@H](O)[C@@H]1C(C)(C)CC[C@@H]2O. The second-order valence-corrected chi connectivity index (χ2v) is 12.6. The highest BCUT2D eigenvalue weighted by molar-refractivity contribution is 6.05. The normalized spacial score (nSPS) is 45.5. The third-order valence-corrected chi connectivity index (χ3v) is 10.9. The Bertz CT molecular complexity index is 1360. The van der Waals surface area contributed by atoms with E-state index in [-0.39, 0.29) is 12.2 Å². The van der Waals surface area contributed by atoms with Gasteiger partial charge in [-0.2, -0.15) is 0 Å². The van der Waals surface area contributed by atoms with Crippen molar-refractivity contribution in [3.8, 4) is 0 Å². The smallest absolute Gasteiger partial charge is 0.418 e. The average molecular weight is 508 g/mol. The number of carbonyl (C=O) groups excluding carboxylic acids is 2. The lowest BCUT2D eigenvalue weighted by Crippen LogP contribution is -2.85. The molecule has 1 aromatic carbocycles. The van der Waals surface area contributed by atoms with Crippen LogP contribution in [0.25, 0.3) is 10.9 Å². The number of nitrogens with zero attached hydrogens (tertiary/aromatic N) is 1. The summed E-state index contributed by atoms with van der Waals surface area (Å²) >= 11 is 0. The monoisotopic (exact) mass is 507 g/mol. The van der Waals surface area contributed by atoms with Crippen molar-refractivity contribution in [2.45, 2.75) is 63.6 Å². The molecule has 4 saturated carbocycles. The van der Waals surface area contributed by atoms with Crippen molar-refractivity contribution in [1.82, 2.24) is 4.57 Å². The number of Topliss-reactive ketones (excluding diaryl/α,β-unsaturated/α-hetero) is 1. The van der Waals surface area contributed by atoms with Gasteiger partial charge >= 0.3 is 6.09 Å². The second-order valence-electron chi connectivity index (χ2n) is 12.6. The molecule has 2 aromatic rings. The summed E-state index contributed by atoms with van der Waals surface area (Å²) in [6, 6.07) is 9.22. The number of hydrogen-bond acceptors (Lipinski definition) is 7. The summed E-state index contributed by atoms with van der Waals surface area (Å²) in [5.41, 5.74) is -2.15. The molecule has 9 atom stereocenters. The molecule has 2 saturated heterocycles. The third kappa shape index (κ3) is 2.45. The van der Waals surface area contributed by atoms with Crippen LogP contribution in [0.1, 0.15) is 39.5 Å². The van der Waals surface area contributed by atoms with Gasteiger partial charge in [0.1, 0.15) is 17.6 Å². The fraction of sp³-hybridized carbons (Fsp3) is 0.586. The van der Waals surface area contributed by atoms with Gasteiger partial charge in [-0.1, -0.05) is 38.6 Å². The molecule has 0 unspecified atom stereocenters. The first-order valence-corrected chi connectivity index (χ1v) is 13.2. The molecule has 3 heterocycles. The van der Waals surface area contributed by atoms with Crippen LogP contribution in [0.5, 0.6) is 0 Å². The maximum Gasteiger partial charge on any atom is 0.418 e. The maximum atomic E-state index is 14.2. The molecule has 6 fully saturated rings. The predicted octanol–water partition coefficient (Wildman–Crippen LogP) is 3.02. The van der Waals surface area contributed by atoms with Gasteiger partial charge in [-0.15, -0.1) is 0 Å². The zero-order valence-electron chi connectivity index (χ0n) is 21.1. The Hall–Kier alpha value is -2.52. The minimum atomic E-state index is -2.27. The number of ketones is 1. The van der Waals surface area contributed by atoms with Crippen molar-refractivity contribution >= 4 is 22.8 Å². The Morgan fingerprint density at radius 2 is 1.92 bits per heavy atom. The summed E-state index contributed by atoms with van der Waals surface area (Å²) in [5.74, 6) is -4.22.